The maximum Gasteiger partial charge on any atom is 0.328 e. The van der Waals surface area contributed by atoms with Crippen molar-refractivity contribution in [2.24, 2.45) is 0 Å². The van der Waals surface area contributed by atoms with Crippen molar-refractivity contribution in [1.29, 1.82) is 0 Å². The number of nitrogens with one attached hydrogen (secondary N) is 1. The van der Waals surface area contributed by atoms with Gasteiger partial charge in [-0.3, -0.25) is 4.79 Å². The quantitative estimate of drug-likeness (QED) is 0.673. The highest BCUT2D eigenvalue weighted by Crippen LogP contribution is 2.15. The van der Waals surface area contributed by atoms with Gasteiger partial charge in [-0.2, -0.15) is 0 Å². The largest absolute Gasteiger partial charge is 0.464 e. The minimum atomic E-state index is -1.74. The van der Waals surface area contributed by atoms with E-state index in [-0.39, 0.29) is 6.61 Å². The van der Waals surface area contributed by atoms with Gasteiger partial charge in [0, 0.05) is 0 Å². The van der Waals surface area contributed by atoms with Gasteiger partial charge in [-0.1, -0.05) is 0 Å². The molecule has 1 aromatic carbocycles. The Hall–Kier alpha value is -2.05. The zero-order valence-electron chi connectivity index (χ0n) is 10.3. The molecule has 1 rings (SSSR count). The summed E-state index contributed by atoms with van der Waals surface area (Å²) in [4.78, 5) is 22.9. The second-order valence-corrected chi connectivity index (χ2v) is 3.67. The van der Waals surface area contributed by atoms with Crippen LogP contribution in [-0.2, 0) is 9.53 Å². The Balaban J connectivity index is 2.85. The number of benzene rings is 1. The molecule has 104 valence electrons. The lowest BCUT2D eigenvalue weighted by Crippen LogP contribution is -2.40. The van der Waals surface area contributed by atoms with Crippen molar-refractivity contribution in [2.45, 2.75) is 19.9 Å². The molecule has 0 heterocycles. The molecule has 0 spiro atoms. The van der Waals surface area contributed by atoms with Crippen LogP contribution in [0.2, 0.25) is 0 Å². The van der Waals surface area contributed by atoms with Gasteiger partial charge >= 0.3 is 5.97 Å². The summed E-state index contributed by atoms with van der Waals surface area (Å²) >= 11 is 0. The van der Waals surface area contributed by atoms with E-state index in [0.29, 0.717) is 6.07 Å². The number of rotatable bonds is 4. The molecule has 7 heteroatoms. The predicted octanol–water partition coefficient (Wildman–Crippen LogP) is 1.79. The summed E-state index contributed by atoms with van der Waals surface area (Å²) in [6, 6.07) is 0.392. The monoisotopic (exact) mass is 275 g/mol. The lowest BCUT2D eigenvalue weighted by atomic mass is 10.1. The Kier molecular flexibility index (Phi) is 4.91. The highest BCUT2D eigenvalue weighted by Gasteiger charge is 2.22. The minimum Gasteiger partial charge on any atom is -0.464 e. The van der Waals surface area contributed by atoms with E-state index in [1.54, 1.807) is 6.92 Å². The van der Waals surface area contributed by atoms with Crippen molar-refractivity contribution in [2.75, 3.05) is 6.61 Å². The van der Waals surface area contributed by atoms with Crippen LogP contribution in [0.5, 0.6) is 0 Å². The van der Waals surface area contributed by atoms with Crippen LogP contribution in [0.15, 0.2) is 12.1 Å². The number of ether oxygens (including phenoxy) is 1. The fourth-order valence-electron chi connectivity index (χ4n) is 1.30. The SMILES string of the molecule is CCOC(=O)C(C)NC(=O)c1ccc(F)c(F)c1F. The van der Waals surface area contributed by atoms with Gasteiger partial charge in [-0.15, -0.1) is 0 Å². The van der Waals surface area contributed by atoms with Gasteiger partial charge in [0.2, 0.25) is 0 Å². The Morgan fingerprint density at radius 1 is 1.26 bits per heavy atom. The molecule has 0 saturated carbocycles. The molecule has 0 fully saturated rings. The maximum absolute atomic E-state index is 13.3. The van der Waals surface area contributed by atoms with Gasteiger partial charge in [0.25, 0.3) is 5.91 Å². The van der Waals surface area contributed by atoms with Gasteiger partial charge in [0.15, 0.2) is 17.5 Å². The minimum absolute atomic E-state index is 0.124. The third-order valence-corrected chi connectivity index (χ3v) is 2.27. The van der Waals surface area contributed by atoms with Crippen molar-refractivity contribution in [3.8, 4) is 0 Å². The Labute approximate surface area is 107 Å². The number of hydrogen-bond acceptors (Lipinski definition) is 3. The molecular weight excluding hydrogens is 263 g/mol. The third kappa shape index (κ3) is 3.46. The summed E-state index contributed by atoms with van der Waals surface area (Å²) in [5.41, 5.74) is -0.685. The summed E-state index contributed by atoms with van der Waals surface area (Å²) in [6.07, 6.45) is 0. The third-order valence-electron chi connectivity index (χ3n) is 2.27. The standard InChI is InChI=1S/C12H12F3NO3/c1-3-19-12(18)6(2)16-11(17)7-4-5-8(13)10(15)9(7)14/h4-6H,3H2,1-2H3,(H,16,17). The van der Waals surface area contributed by atoms with Crippen LogP contribution in [-0.4, -0.2) is 24.5 Å². The number of amides is 1. The molecule has 19 heavy (non-hydrogen) atoms. The van der Waals surface area contributed by atoms with E-state index < -0.39 is 40.9 Å². The van der Waals surface area contributed by atoms with Gasteiger partial charge in [0.1, 0.15) is 6.04 Å². The number of halogens is 3. The van der Waals surface area contributed by atoms with E-state index in [1.807, 2.05) is 0 Å². The highest BCUT2D eigenvalue weighted by atomic mass is 19.2. The number of carbonyl (C=O) groups excluding carboxylic acids is 2. The fraction of sp³-hybridized carbons (Fsp3) is 0.333. The van der Waals surface area contributed by atoms with Crippen LogP contribution < -0.4 is 5.32 Å². The van der Waals surface area contributed by atoms with E-state index in [1.165, 1.54) is 6.92 Å². The van der Waals surface area contributed by atoms with Gasteiger partial charge in [-0.05, 0) is 26.0 Å². The Morgan fingerprint density at radius 2 is 1.89 bits per heavy atom. The van der Waals surface area contributed by atoms with Crippen molar-refractivity contribution in [3.63, 3.8) is 0 Å². The molecule has 0 saturated heterocycles. The summed E-state index contributed by atoms with van der Waals surface area (Å²) < 4.78 is 43.6. The smallest absolute Gasteiger partial charge is 0.328 e. The Morgan fingerprint density at radius 3 is 2.47 bits per heavy atom. The molecule has 0 aromatic heterocycles. The van der Waals surface area contributed by atoms with E-state index in [4.69, 9.17) is 0 Å². The normalized spacial score (nSPS) is 11.8. The summed E-state index contributed by atoms with van der Waals surface area (Å²) in [5, 5.41) is 2.13. The summed E-state index contributed by atoms with van der Waals surface area (Å²) in [7, 11) is 0. The maximum atomic E-state index is 13.3. The predicted molar refractivity (Wildman–Crippen MR) is 59.9 cm³/mol. The van der Waals surface area contributed by atoms with Gasteiger partial charge in [-0.25, -0.2) is 18.0 Å². The van der Waals surface area contributed by atoms with E-state index in [9.17, 15) is 22.8 Å². The van der Waals surface area contributed by atoms with Crippen molar-refractivity contribution < 1.29 is 27.5 Å². The average Bonchev–Trinajstić information content (AvgIpc) is 2.36. The van der Waals surface area contributed by atoms with Crippen molar-refractivity contribution >= 4 is 11.9 Å². The zero-order valence-corrected chi connectivity index (χ0v) is 10.3. The second kappa shape index (κ2) is 6.21. The first kappa shape index (κ1) is 15.0. The van der Waals surface area contributed by atoms with Crippen LogP contribution in [0.3, 0.4) is 0 Å². The van der Waals surface area contributed by atoms with Gasteiger partial charge in [0.05, 0.1) is 12.2 Å². The van der Waals surface area contributed by atoms with Crippen molar-refractivity contribution in [1.82, 2.24) is 5.32 Å². The summed E-state index contributed by atoms with van der Waals surface area (Å²) in [6.45, 7) is 3.04. The fourth-order valence-corrected chi connectivity index (χ4v) is 1.30. The van der Waals surface area contributed by atoms with E-state index in [2.05, 4.69) is 10.1 Å². The number of carbonyl (C=O) groups is 2. The lowest BCUT2D eigenvalue weighted by Gasteiger charge is -2.13. The Bertz CT molecular complexity index is 505. The van der Waals surface area contributed by atoms with E-state index >= 15 is 0 Å². The van der Waals surface area contributed by atoms with E-state index in [0.717, 1.165) is 6.07 Å². The summed E-state index contributed by atoms with van der Waals surface area (Å²) in [5.74, 6) is -6.48. The lowest BCUT2D eigenvalue weighted by molar-refractivity contribution is -0.144. The van der Waals surface area contributed by atoms with Gasteiger partial charge < -0.3 is 10.1 Å². The van der Waals surface area contributed by atoms with Crippen LogP contribution in [0.1, 0.15) is 24.2 Å². The first-order valence-corrected chi connectivity index (χ1v) is 5.49. The van der Waals surface area contributed by atoms with Crippen LogP contribution >= 0.6 is 0 Å². The topological polar surface area (TPSA) is 55.4 Å². The molecule has 0 bridgehead atoms. The molecule has 0 aliphatic carbocycles. The van der Waals surface area contributed by atoms with Crippen LogP contribution in [0.25, 0.3) is 0 Å². The second-order valence-electron chi connectivity index (χ2n) is 3.67. The molecule has 0 aliphatic heterocycles. The first-order chi connectivity index (χ1) is 8.88. The molecular formula is C12H12F3NO3. The van der Waals surface area contributed by atoms with Crippen LogP contribution in [0, 0.1) is 17.5 Å². The number of esters is 1. The zero-order chi connectivity index (χ0) is 14.6. The number of hydrogen-bond donors (Lipinski definition) is 1. The molecule has 0 aliphatic rings. The molecule has 1 aromatic rings. The highest BCUT2D eigenvalue weighted by molar-refractivity contribution is 5.96. The molecule has 0 radical (unpaired) electrons. The average molecular weight is 275 g/mol. The molecule has 4 nitrogen and oxygen atoms in total. The van der Waals surface area contributed by atoms with Crippen molar-refractivity contribution in [3.05, 3.63) is 35.1 Å². The molecule has 1 amide bonds. The van der Waals surface area contributed by atoms with Crippen LogP contribution in [0.4, 0.5) is 13.2 Å². The molecule has 1 unspecified atom stereocenters. The first-order valence-electron chi connectivity index (χ1n) is 5.49. The molecule has 1 N–H and O–H groups in total. The molecule has 1 atom stereocenters.